The lowest BCUT2D eigenvalue weighted by atomic mass is 10.0. The Morgan fingerprint density at radius 3 is 2.93 bits per heavy atom. The van der Waals surface area contributed by atoms with Crippen molar-refractivity contribution >= 4 is 17.8 Å². The maximum atomic E-state index is 10.6. The molecular weight excluding hydrogens is 214 g/mol. The molecule has 0 amide bonds. The average Bonchev–Trinajstić information content (AvgIpc) is 2.74. The summed E-state index contributed by atoms with van der Waals surface area (Å²) in [5, 5.41) is 11.5. The van der Waals surface area contributed by atoms with Gasteiger partial charge in [-0.2, -0.15) is 0 Å². The summed E-state index contributed by atoms with van der Waals surface area (Å²) in [6, 6.07) is 0. The van der Waals surface area contributed by atoms with Crippen molar-refractivity contribution < 1.29 is 9.48 Å². The number of allylic oxidation sites excluding steroid dienone is 3. The number of rotatable bonds is 4. The molecule has 0 aromatic carbocycles. The third kappa shape index (κ3) is 2.24. The Morgan fingerprint density at radius 2 is 2.33 bits per heavy atom. The Hall–Kier alpha value is -0.800. The van der Waals surface area contributed by atoms with Gasteiger partial charge in [-0.3, -0.25) is 0 Å². The molecule has 0 radical (unpaired) electrons. The quantitative estimate of drug-likeness (QED) is 0.184. The van der Waals surface area contributed by atoms with Crippen molar-refractivity contribution in [2.75, 3.05) is 20.3 Å². The summed E-state index contributed by atoms with van der Waals surface area (Å²) >= 11 is 6.18. The Labute approximate surface area is 94.3 Å². The minimum Gasteiger partial charge on any atom is -0.624 e. The van der Waals surface area contributed by atoms with E-state index < -0.39 is 0 Å². The van der Waals surface area contributed by atoms with Crippen molar-refractivity contribution in [2.45, 2.75) is 6.42 Å². The first-order valence-electron chi connectivity index (χ1n) is 5.06. The predicted molar refractivity (Wildman–Crippen MR) is 60.1 cm³/mol. The van der Waals surface area contributed by atoms with E-state index in [0.29, 0.717) is 25.0 Å². The first-order chi connectivity index (χ1) is 7.18. The van der Waals surface area contributed by atoms with Crippen molar-refractivity contribution in [3.05, 3.63) is 28.0 Å². The molecule has 0 saturated carbocycles. The smallest absolute Gasteiger partial charge is 0.176 e. The molecule has 4 heteroatoms. The number of hydroxylamine groups is 1. The molecule has 0 saturated heterocycles. The van der Waals surface area contributed by atoms with E-state index >= 15 is 0 Å². The third-order valence-electron chi connectivity index (χ3n) is 2.87. The first kappa shape index (κ1) is 10.7. The summed E-state index contributed by atoms with van der Waals surface area (Å²) in [6.07, 6.45) is 6.91. The molecule has 0 aliphatic heterocycles. The van der Waals surface area contributed by atoms with Gasteiger partial charge in [0.05, 0.1) is 6.61 Å². The van der Waals surface area contributed by atoms with Crippen LogP contribution in [0, 0.1) is 17.0 Å². The van der Waals surface area contributed by atoms with Gasteiger partial charge in [-0.25, -0.2) is 4.74 Å². The molecule has 0 spiro atoms. The Kier molecular flexibility index (Phi) is 3.12. The number of ether oxygens (including phenoxy) is 1. The van der Waals surface area contributed by atoms with Gasteiger partial charge in [-0.15, -0.1) is 0 Å². The van der Waals surface area contributed by atoms with Crippen molar-refractivity contribution in [3.63, 3.8) is 0 Å². The second-order valence-corrected chi connectivity index (χ2v) is 4.36. The van der Waals surface area contributed by atoms with E-state index in [1.807, 2.05) is 0 Å². The minimum atomic E-state index is 0.342. The molecule has 0 heterocycles. The van der Waals surface area contributed by atoms with Gasteiger partial charge in [0, 0.05) is 16.9 Å². The monoisotopic (exact) mass is 227 g/mol. The van der Waals surface area contributed by atoms with Gasteiger partial charge in [0.2, 0.25) is 0 Å². The van der Waals surface area contributed by atoms with Gasteiger partial charge in [0.1, 0.15) is 13.7 Å². The van der Waals surface area contributed by atoms with E-state index in [0.717, 1.165) is 16.2 Å². The SMILES string of the molecule is C/[N+]([O-])=C/COCC1=C(Cl)C2C=CC1C2. The molecule has 2 bridgehead atoms. The lowest BCUT2D eigenvalue weighted by molar-refractivity contribution is -0.419. The van der Waals surface area contributed by atoms with Crippen molar-refractivity contribution in [1.82, 2.24) is 0 Å². The fraction of sp³-hybridized carbons (Fsp3) is 0.545. The Bertz CT molecular complexity index is 342. The van der Waals surface area contributed by atoms with Gasteiger partial charge in [0.25, 0.3) is 0 Å². The molecule has 0 fully saturated rings. The van der Waals surface area contributed by atoms with E-state index in [9.17, 15) is 5.21 Å². The summed E-state index contributed by atoms with van der Waals surface area (Å²) in [5.41, 5.74) is 1.19. The lowest BCUT2D eigenvalue weighted by Gasteiger charge is -2.11. The molecule has 0 N–H and O–H groups in total. The van der Waals surface area contributed by atoms with E-state index in [1.165, 1.54) is 18.8 Å². The molecule has 2 aliphatic rings. The fourth-order valence-corrected chi connectivity index (χ4v) is 2.42. The summed E-state index contributed by atoms with van der Waals surface area (Å²) in [5.74, 6) is 0.883. The van der Waals surface area contributed by atoms with Crippen LogP contribution < -0.4 is 0 Å². The molecule has 0 aromatic heterocycles. The zero-order valence-corrected chi connectivity index (χ0v) is 9.41. The standard InChI is InChI=1S/C11H14ClNO2/c1-13(14)4-5-15-7-10-8-2-3-9(6-8)11(10)12/h2-4,8-9H,5-7H2,1H3/b13-4-. The first-order valence-corrected chi connectivity index (χ1v) is 5.44. The van der Waals surface area contributed by atoms with Crippen LogP contribution in [0.3, 0.4) is 0 Å². The van der Waals surface area contributed by atoms with Gasteiger partial charge in [0.15, 0.2) is 6.21 Å². The maximum Gasteiger partial charge on any atom is 0.176 e. The van der Waals surface area contributed by atoms with E-state index in [4.69, 9.17) is 16.3 Å². The number of fused-ring (bicyclic) bond motifs is 2. The van der Waals surface area contributed by atoms with Crippen LogP contribution in [0.4, 0.5) is 0 Å². The topological polar surface area (TPSA) is 35.3 Å². The highest BCUT2D eigenvalue weighted by Gasteiger charge is 2.33. The molecule has 3 nitrogen and oxygen atoms in total. The summed E-state index contributed by atoms with van der Waals surface area (Å²) in [7, 11) is 1.44. The number of nitrogens with zero attached hydrogens (tertiary/aromatic N) is 1. The molecule has 15 heavy (non-hydrogen) atoms. The van der Waals surface area contributed by atoms with E-state index in [1.54, 1.807) is 0 Å². The van der Waals surface area contributed by atoms with Crippen LogP contribution in [-0.2, 0) is 4.74 Å². The molecule has 2 unspecified atom stereocenters. The second kappa shape index (κ2) is 4.37. The molecule has 82 valence electrons. The molecule has 2 atom stereocenters. The van der Waals surface area contributed by atoms with Gasteiger partial charge in [-0.1, -0.05) is 23.8 Å². The largest absolute Gasteiger partial charge is 0.624 e. The third-order valence-corrected chi connectivity index (χ3v) is 3.39. The Balaban J connectivity index is 1.84. The molecule has 2 rings (SSSR count). The van der Waals surface area contributed by atoms with E-state index in [2.05, 4.69) is 12.2 Å². The van der Waals surface area contributed by atoms with Crippen LogP contribution in [0.15, 0.2) is 22.8 Å². The zero-order valence-electron chi connectivity index (χ0n) is 8.65. The zero-order chi connectivity index (χ0) is 10.8. The molecule has 0 aromatic rings. The maximum absolute atomic E-state index is 10.6. The minimum absolute atomic E-state index is 0.342. The summed E-state index contributed by atoms with van der Waals surface area (Å²) < 4.78 is 6.12. The van der Waals surface area contributed by atoms with Crippen molar-refractivity contribution in [1.29, 1.82) is 0 Å². The van der Waals surface area contributed by atoms with Crippen molar-refractivity contribution in [3.8, 4) is 0 Å². The van der Waals surface area contributed by atoms with Crippen molar-refractivity contribution in [2.24, 2.45) is 11.8 Å². The second-order valence-electron chi connectivity index (χ2n) is 3.95. The van der Waals surface area contributed by atoms with Crippen LogP contribution in [0.25, 0.3) is 0 Å². The highest BCUT2D eigenvalue weighted by molar-refractivity contribution is 6.30. The van der Waals surface area contributed by atoms with Crippen LogP contribution in [-0.4, -0.2) is 31.2 Å². The molecular formula is C11H14ClNO2. The fourth-order valence-electron chi connectivity index (χ4n) is 2.06. The highest BCUT2D eigenvalue weighted by atomic mass is 35.5. The number of hydrogen-bond donors (Lipinski definition) is 0. The van der Waals surface area contributed by atoms with Crippen LogP contribution >= 0.6 is 11.6 Å². The predicted octanol–water partition coefficient (Wildman–Crippen LogP) is 1.91. The van der Waals surface area contributed by atoms with Crippen LogP contribution in [0.2, 0.25) is 0 Å². The molecule has 2 aliphatic carbocycles. The lowest BCUT2D eigenvalue weighted by Crippen LogP contribution is -2.09. The Morgan fingerprint density at radius 1 is 1.60 bits per heavy atom. The van der Waals surface area contributed by atoms with Crippen LogP contribution in [0.5, 0.6) is 0 Å². The average molecular weight is 228 g/mol. The van der Waals surface area contributed by atoms with Crippen LogP contribution in [0.1, 0.15) is 6.42 Å². The van der Waals surface area contributed by atoms with Gasteiger partial charge in [-0.05, 0) is 12.0 Å². The van der Waals surface area contributed by atoms with E-state index in [-0.39, 0.29) is 0 Å². The van der Waals surface area contributed by atoms with Gasteiger partial charge < -0.3 is 9.94 Å². The number of halogens is 1. The normalized spacial score (nSPS) is 29.3. The highest BCUT2D eigenvalue weighted by Crippen LogP contribution is 2.45. The summed E-state index contributed by atoms with van der Waals surface area (Å²) in [6.45, 7) is 0.878. The summed E-state index contributed by atoms with van der Waals surface area (Å²) in [4.78, 5) is 0. The number of hydrogen-bond acceptors (Lipinski definition) is 2. The van der Waals surface area contributed by atoms with Gasteiger partial charge >= 0.3 is 0 Å².